The number of hydrogen-bond acceptors (Lipinski definition) is 4. The molecule has 0 aromatic heterocycles. The van der Waals surface area contributed by atoms with E-state index in [0.29, 0.717) is 11.1 Å². The monoisotopic (exact) mass is 460 g/mol. The Morgan fingerprint density at radius 1 is 0.588 bits per heavy atom. The number of carbonyl (C=O) groups excluding carboxylic acids is 2. The number of carboxylic acid groups (broad SMARTS) is 2. The van der Waals surface area contributed by atoms with E-state index in [4.69, 9.17) is 0 Å². The van der Waals surface area contributed by atoms with E-state index in [1.807, 2.05) is 0 Å². The van der Waals surface area contributed by atoms with Gasteiger partial charge in [-0.05, 0) is 83.0 Å². The van der Waals surface area contributed by atoms with Gasteiger partial charge in [-0.2, -0.15) is 0 Å². The molecule has 2 aromatic carbocycles. The number of hydrogen-bond donors (Lipinski definition) is 2. The van der Waals surface area contributed by atoms with Gasteiger partial charge in [-0.3, -0.25) is 9.59 Å². The molecule has 2 aliphatic rings. The maximum atomic E-state index is 14.0. The molecule has 0 atom stereocenters. The van der Waals surface area contributed by atoms with Gasteiger partial charge < -0.3 is 10.2 Å². The van der Waals surface area contributed by atoms with Gasteiger partial charge in [0.25, 0.3) is 0 Å². The summed E-state index contributed by atoms with van der Waals surface area (Å²) in [5, 5.41) is 18.4. The third kappa shape index (κ3) is 4.42. The Morgan fingerprint density at radius 3 is 1.32 bits per heavy atom. The zero-order valence-electron chi connectivity index (χ0n) is 17.2. The summed E-state index contributed by atoms with van der Waals surface area (Å²) in [6.07, 6.45) is 8.26. The molecule has 0 fully saturated rings. The van der Waals surface area contributed by atoms with Crippen LogP contribution in [0.1, 0.15) is 31.8 Å². The zero-order chi connectivity index (χ0) is 24.6. The fraction of sp³-hybridized carbons (Fsp3) is 0. The highest BCUT2D eigenvalue weighted by atomic mass is 19.1. The molecular weight excluding hydrogens is 446 g/mol. The van der Waals surface area contributed by atoms with Gasteiger partial charge in [-0.1, -0.05) is 12.2 Å². The number of rotatable bonds is 4. The highest BCUT2D eigenvalue weighted by Gasteiger charge is 2.21. The summed E-state index contributed by atoms with van der Waals surface area (Å²) in [7, 11) is 0. The lowest BCUT2D eigenvalue weighted by atomic mass is 9.87. The molecule has 0 saturated heterocycles. The third-order valence-corrected chi connectivity index (χ3v) is 5.20. The zero-order valence-corrected chi connectivity index (χ0v) is 17.2. The Hall–Kier alpha value is -4.72. The molecule has 6 nitrogen and oxygen atoms in total. The summed E-state index contributed by atoms with van der Waals surface area (Å²) in [6.45, 7) is 0. The van der Waals surface area contributed by atoms with Crippen molar-refractivity contribution in [1.29, 1.82) is 0 Å². The van der Waals surface area contributed by atoms with Crippen molar-refractivity contribution in [3.05, 3.63) is 118 Å². The van der Waals surface area contributed by atoms with Crippen molar-refractivity contribution in [3.63, 3.8) is 0 Å². The number of carboxylic acids is 2. The number of carbonyl (C=O) groups is 4. The number of aromatic carboxylic acids is 2. The van der Waals surface area contributed by atoms with E-state index in [2.05, 4.69) is 0 Å². The lowest BCUT2D eigenvalue weighted by Gasteiger charge is -2.15. The standard InChI is InChI=1S/C26H14F2O6/c27-19-7-15(5-17(9-19)25(31)32)21-11-13(1-3-23(21)29)14-2-4-24(30)22(12-14)16-6-18(26(33)34)10-20(28)8-16/h1-12H,(H,31,32)(H,33,34)/b14-13+. The van der Waals surface area contributed by atoms with E-state index < -0.39 is 35.1 Å². The van der Waals surface area contributed by atoms with Crippen LogP contribution in [0.4, 0.5) is 8.78 Å². The SMILES string of the molecule is O=C1C=C/C(=C2/C=CC(=O)C(c3cc(F)cc(C(=O)O)c3)=C2)C=C1c1cc(F)cc(C(=O)O)c1. The van der Waals surface area contributed by atoms with E-state index >= 15 is 0 Å². The van der Waals surface area contributed by atoms with Gasteiger partial charge in [0.2, 0.25) is 0 Å². The lowest BCUT2D eigenvalue weighted by molar-refractivity contribution is -0.110. The molecule has 4 rings (SSSR count). The number of allylic oxidation sites excluding steroid dienone is 10. The molecule has 0 unspecified atom stereocenters. The van der Waals surface area contributed by atoms with Crippen LogP contribution >= 0.6 is 0 Å². The summed E-state index contributed by atoms with van der Waals surface area (Å²) >= 11 is 0. The highest BCUT2D eigenvalue weighted by Crippen LogP contribution is 2.31. The van der Waals surface area contributed by atoms with Gasteiger partial charge >= 0.3 is 11.9 Å². The van der Waals surface area contributed by atoms with Gasteiger partial charge in [0.15, 0.2) is 11.6 Å². The minimum absolute atomic E-state index is 0.0474. The fourth-order valence-corrected chi connectivity index (χ4v) is 3.61. The molecule has 0 bridgehead atoms. The van der Waals surface area contributed by atoms with Crippen molar-refractivity contribution in [2.24, 2.45) is 0 Å². The van der Waals surface area contributed by atoms with Crippen LogP contribution in [-0.4, -0.2) is 33.7 Å². The second kappa shape index (κ2) is 8.67. The Kier molecular flexibility index (Phi) is 5.73. The Morgan fingerprint density at radius 2 is 0.971 bits per heavy atom. The number of ketones is 2. The van der Waals surface area contributed by atoms with Crippen LogP contribution in [0.15, 0.2) is 84.0 Å². The van der Waals surface area contributed by atoms with E-state index in [1.165, 1.54) is 48.6 Å². The summed E-state index contributed by atoms with van der Waals surface area (Å²) in [4.78, 5) is 47.5. The second-order valence-electron chi connectivity index (χ2n) is 7.49. The van der Waals surface area contributed by atoms with Crippen molar-refractivity contribution in [3.8, 4) is 0 Å². The van der Waals surface area contributed by atoms with Crippen LogP contribution in [-0.2, 0) is 9.59 Å². The Labute approximate surface area is 191 Å². The molecule has 0 radical (unpaired) electrons. The predicted octanol–water partition coefficient (Wildman–Crippen LogP) is 4.40. The van der Waals surface area contributed by atoms with E-state index in [-0.39, 0.29) is 33.4 Å². The van der Waals surface area contributed by atoms with E-state index in [9.17, 15) is 38.2 Å². The third-order valence-electron chi connectivity index (χ3n) is 5.20. The van der Waals surface area contributed by atoms with Crippen LogP contribution in [0, 0.1) is 11.6 Å². The summed E-state index contributed by atoms with van der Waals surface area (Å²) in [5.74, 6) is -5.28. The van der Waals surface area contributed by atoms with Crippen LogP contribution in [0.25, 0.3) is 11.1 Å². The van der Waals surface area contributed by atoms with Crippen LogP contribution in [0.5, 0.6) is 0 Å². The van der Waals surface area contributed by atoms with Crippen molar-refractivity contribution in [2.75, 3.05) is 0 Å². The first kappa shape index (κ1) is 22.5. The van der Waals surface area contributed by atoms with Gasteiger partial charge in [-0.25, -0.2) is 18.4 Å². The molecule has 2 N–H and O–H groups in total. The summed E-state index contributed by atoms with van der Waals surface area (Å²) < 4.78 is 27.9. The minimum atomic E-state index is -1.35. The first-order chi connectivity index (χ1) is 16.1. The molecule has 0 heterocycles. The van der Waals surface area contributed by atoms with E-state index in [0.717, 1.165) is 24.3 Å². The molecule has 2 aliphatic carbocycles. The number of halogens is 2. The molecule has 2 aromatic rings. The van der Waals surface area contributed by atoms with Crippen molar-refractivity contribution < 1.29 is 38.2 Å². The number of benzene rings is 2. The van der Waals surface area contributed by atoms with E-state index in [1.54, 1.807) is 0 Å². The molecule has 0 saturated carbocycles. The van der Waals surface area contributed by atoms with Crippen molar-refractivity contribution in [1.82, 2.24) is 0 Å². The minimum Gasteiger partial charge on any atom is -0.478 e. The summed E-state index contributed by atoms with van der Waals surface area (Å²) in [5.41, 5.74) is 0.495. The molecule has 0 amide bonds. The molecular formula is C26H14F2O6. The van der Waals surface area contributed by atoms with Gasteiger partial charge in [-0.15, -0.1) is 0 Å². The summed E-state index contributed by atoms with van der Waals surface area (Å²) in [6, 6.07) is 6.11. The maximum Gasteiger partial charge on any atom is 0.335 e. The van der Waals surface area contributed by atoms with Crippen LogP contribution in [0.3, 0.4) is 0 Å². The first-order valence-corrected chi connectivity index (χ1v) is 9.83. The molecule has 0 aliphatic heterocycles. The topological polar surface area (TPSA) is 109 Å². The Bertz CT molecular complexity index is 1340. The lowest BCUT2D eigenvalue weighted by Crippen LogP contribution is -2.08. The molecule has 8 heteroatoms. The molecule has 0 spiro atoms. The first-order valence-electron chi connectivity index (χ1n) is 9.83. The largest absolute Gasteiger partial charge is 0.478 e. The average Bonchev–Trinajstić information content (AvgIpc) is 2.79. The Balaban J connectivity index is 1.83. The van der Waals surface area contributed by atoms with Crippen LogP contribution < -0.4 is 0 Å². The molecule has 168 valence electrons. The fourth-order valence-electron chi connectivity index (χ4n) is 3.61. The van der Waals surface area contributed by atoms with Gasteiger partial charge in [0.1, 0.15) is 11.6 Å². The van der Waals surface area contributed by atoms with Gasteiger partial charge in [0, 0.05) is 11.1 Å². The highest BCUT2D eigenvalue weighted by molar-refractivity contribution is 6.29. The average molecular weight is 460 g/mol. The second-order valence-corrected chi connectivity index (χ2v) is 7.49. The smallest absolute Gasteiger partial charge is 0.335 e. The predicted molar refractivity (Wildman–Crippen MR) is 118 cm³/mol. The maximum absolute atomic E-state index is 14.0. The quantitative estimate of drug-likeness (QED) is 0.700. The van der Waals surface area contributed by atoms with Gasteiger partial charge in [0.05, 0.1) is 11.1 Å². The van der Waals surface area contributed by atoms with Crippen LogP contribution in [0.2, 0.25) is 0 Å². The molecule has 34 heavy (non-hydrogen) atoms. The normalized spacial score (nSPS) is 17.5. The van der Waals surface area contributed by atoms with Crippen molar-refractivity contribution >= 4 is 34.7 Å². The van der Waals surface area contributed by atoms with Crippen molar-refractivity contribution in [2.45, 2.75) is 0 Å².